The molecule has 0 spiro atoms. The van der Waals surface area contributed by atoms with Crippen molar-refractivity contribution in [3.63, 3.8) is 0 Å². The highest BCUT2D eigenvalue weighted by Gasteiger charge is 2.05. The lowest BCUT2D eigenvalue weighted by Gasteiger charge is -2.05. The van der Waals surface area contributed by atoms with E-state index in [-0.39, 0.29) is 0 Å². The van der Waals surface area contributed by atoms with Gasteiger partial charge in [0.2, 0.25) is 11.5 Å². The van der Waals surface area contributed by atoms with E-state index in [2.05, 4.69) is 36.4 Å². The van der Waals surface area contributed by atoms with Crippen LogP contribution in [0.15, 0.2) is 41.1 Å². The number of nitrogens with zero attached hydrogens (tertiary/aromatic N) is 5. The molecule has 1 aromatic carbocycles. The molecule has 2 aromatic heterocycles. The Bertz CT molecular complexity index is 651. The molecular formula is C10H6BrN5O. The van der Waals surface area contributed by atoms with Crippen molar-refractivity contribution in [2.45, 2.75) is 0 Å². The van der Waals surface area contributed by atoms with Gasteiger partial charge in [-0.1, -0.05) is 15.9 Å². The molecule has 0 bridgehead atoms. The Hall–Kier alpha value is -2.02. The minimum atomic E-state index is 0.467. The molecule has 0 aliphatic rings. The van der Waals surface area contributed by atoms with Gasteiger partial charge >= 0.3 is 0 Å². The maximum absolute atomic E-state index is 5.64. The number of tetrazole rings is 1. The average molecular weight is 292 g/mol. The Labute approximate surface area is 104 Å². The van der Waals surface area contributed by atoms with Gasteiger partial charge in [-0.25, -0.2) is 0 Å². The molecule has 7 heteroatoms. The summed E-state index contributed by atoms with van der Waals surface area (Å²) in [5.74, 6) is 1.16. The van der Waals surface area contributed by atoms with E-state index in [1.165, 1.54) is 4.52 Å². The van der Waals surface area contributed by atoms with Gasteiger partial charge in [-0.3, -0.25) is 4.98 Å². The Balaban J connectivity index is 1.99. The molecule has 0 atom stereocenters. The molecule has 17 heavy (non-hydrogen) atoms. The molecule has 3 rings (SSSR count). The molecule has 0 radical (unpaired) electrons. The van der Waals surface area contributed by atoms with Crippen molar-refractivity contribution in [1.82, 2.24) is 25.0 Å². The van der Waals surface area contributed by atoms with E-state index in [1.54, 1.807) is 12.4 Å². The lowest BCUT2D eigenvalue weighted by molar-refractivity contribution is 0.442. The van der Waals surface area contributed by atoms with Gasteiger partial charge in [-0.2, -0.15) is 4.52 Å². The zero-order valence-corrected chi connectivity index (χ0v) is 10.1. The molecule has 0 aliphatic heterocycles. The quantitative estimate of drug-likeness (QED) is 0.723. The molecular weight excluding hydrogens is 286 g/mol. The van der Waals surface area contributed by atoms with Crippen molar-refractivity contribution in [3.8, 4) is 11.6 Å². The maximum Gasteiger partial charge on any atom is 0.242 e. The molecule has 0 fully saturated rings. The van der Waals surface area contributed by atoms with Crippen LogP contribution in [0.2, 0.25) is 0 Å². The number of rotatable bonds is 2. The fourth-order valence-electron chi connectivity index (χ4n) is 1.35. The van der Waals surface area contributed by atoms with E-state index in [0.717, 1.165) is 4.47 Å². The van der Waals surface area contributed by atoms with Crippen molar-refractivity contribution < 1.29 is 4.74 Å². The molecule has 0 amide bonds. The molecule has 84 valence electrons. The van der Waals surface area contributed by atoms with Crippen molar-refractivity contribution in [1.29, 1.82) is 0 Å². The third-order valence-corrected chi connectivity index (χ3v) is 2.64. The normalized spacial score (nSPS) is 10.6. The first-order valence-electron chi connectivity index (χ1n) is 4.78. The molecule has 2 heterocycles. The summed E-state index contributed by atoms with van der Waals surface area (Å²) < 4.78 is 8.11. The number of halogens is 1. The average Bonchev–Trinajstić information content (AvgIpc) is 2.81. The van der Waals surface area contributed by atoms with Gasteiger partial charge in [0.25, 0.3) is 0 Å². The monoisotopic (exact) mass is 291 g/mol. The topological polar surface area (TPSA) is 65.2 Å². The summed E-state index contributed by atoms with van der Waals surface area (Å²) >= 11 is 3.36. The second-order valence-corrected chi connectivity index (χ2v) is 4.17. The van der Waals surface area contributed by atoms with E-state index in [1.807, 2.05) is 24.3 Å². The van der Waals surface area contributed by atoms with Crippen LogP contribution < -0.4 is 4.74 Å². The van der Waals surface area contributed by atoms with E-state index in [0.29, 0.717) is 17.3 Å². The first kappa shape index (κ1) is 10.2. The standard InChI is InChI=1S/C10H6BrN5O/c11-7-1-3-8(4-2-7)17-10-6-12-5-9-13-14-15-16(9)10/h1-6H. The second kappa shape index (κ2) is 4.10. The summed E-state index contributed by atoms with van der Waals surface area (Å²) in [6, 6.07) is 7.46. The van der Waals surface area contributed by atoms with Crippen LogP contribution in [0.5, 0.6) is 11.6 Å². The summed E-state index contributed by atoms with van der Waals surface area (Å²) in [5, 5.41) is 11.2. The first-order valence-corrected chi connectivity index (χ1v) is 5.58. The Morgan fingerprint density at radius 3 is 2.76 bits per heavy atom. The number of fused-ring (bicyclic) bond motifs is 1. The lowest BCUT2D eigenvalue weighted by atomic mass is 10.3. The fraction of sp³-hybridized carbons (Fsp3) is 0. The van der Waals surface area contributed by atoms with Crippen LogP contribution in [0, 0.1) is 0 Å². The van der Waals surface area contributed by atoms with Gasteiger partial charge in [0.05, 0.1) is 12.4 Å². The summed E-state index contributed by atoms with van der Waals surface area (Å²) in [6.07, 6.45) is 3.12. The third kappa shape index (κ3) is 1.96. The fourth-order valence-corrected chi connectivity index (χ4v) is 1.61. The minimum Gasteiger partial charge on any atom is -0.437 e. The molecule has 0 unspecified atom stereocenters. The summed E-state index contributed by atoms with van der Waals surface area (Å²) in [5.41, 5.74) is 0.541. The summed E-state index contributed by atoms with van der Waals surface area (Å²) in [6.45, 7) is 0. The van der Waals surface area contributed by atoms with Gasteiger partial charge in [0.15, 0.2) is 0 Å². The molecule has 0 saturated carbocycles. The number of aromatic nitrogens is 5. The molecule has 0 aliphatic carbocycles. The number of ether oxygens (including phenoxy) is 1. The van der Waals surface area contributed by atoms with E-state index in [4.69, 9.17) is 4.74 Å². The highest BCUT2D eigenvalue weighted by Crippen LogP contribution is 2.22. The summed E-state index contributed by atoms with van der Waals surface area (Å²) in [7, 11) is 0. The van der Waals surface area contributed by atoms with Gasteiger partial charge in [0, 0.05) is 4.47 Å². The zero-order valence-electron chi connectivity index (χ0n) is 8.49. The molecule has 0 N–H and O–H groups in total. The molecule has 3 aromatic rings. The molecule has 0 saturated heterocycles. The van der Waals surface area contributed by atoms with E-state index < -0.39 is 0 Å². The minimum absolute atomic E-state index is 0.467. The smallest absolute Gasteiger partial charge is 0.242 e. The highest BCUT2D eigenvalue weighted by molar-refractivity contribution is 9.10. The van der Waals surface area contributed by atoms with Gasteiger partial charge in [-0.15, -0.1) is 5.10 Å². The second-order valence-electron chi connectivity index (χ2n) is 3.25. The number of hydrogen-bond acceptors (Lipinski definition) is 5. The molecule has 6 nitrogen and oxygen atoms in total. The maximum atomic E-state index is 5.64. The van der Waals surface area contributed by atoms with Crippen LogP contribution in [0.4, 0.5) is 0 Å². The van der Waals surface area contributed by atoms with E-state index in [9.17, 15) is 0 Å². The van der Waals surface area contributed by atoms with Crippen molar-refractivity contribution in [2.75, 3.05) is 0 Å². The number of benzene rings is 1. The number of hydrogen-bond donors (Lipinski definition) is 0. The van der Waals surface area contributed by atoms with Crippen molar-refractivity contribution in [2.24, 2.45) is 0 Å². The van der Waals surface area contributed by atoms with Gasteiger partial charge in [0.1, 0.15) is 5.75 Å². The summed E-state index contributed by atoms with van der Waals surface area (Å²) in [4.78, 5) is 4.00. The Morgan fingerprint density at radius 1 is 1.12 bits per heavy atom. The van der Waals surface area contributed by atoms with E-state index >= 15 is 0 Å². The first-order chi connectivity index (χ1) is 8.33. The largest absolute Gasteiger partial charge is 0.437 e. The van der Waals surface area contributed by atoms with Crippen LogP contribution in [0.3, 0.4) is 0 Å². The highest BCUT2D eigenvalue weighted by atomic mass is 79.9. The Kier molecular flexibility index (Phi) is 2.45. The predicted molar refractivity (Wildman–Crippen MR) is 62.8 cm³/mol. The van der Waals surface area contributed by atoms with Crippen LogP contribution in [-0.2, 0) is 0 Å². The van der Waals surface area contributed by atoms with Crippen LogP contribution in [0.25, 0.3) is 5.65 Å². The Morgan fingerprint density at radius 2 is 1.94 bits per heavy atom. The predicted octanol–water partition coefficient (Wildman–Crippen LogP) is 2.07. The SMILES string of the molecule is Brc1ccc(Oc2cncc3nnnn23)cc1. The van der Waals surface area contributed by atoms with Crippen LogP contribution in [0.1, 0.15) is 0 Å². The van der Waals surface area contributed by atoms with Gasteiger partial charge in [-0.05, 0) is 34.7 Å². The van der Waals surface area contributed by atoms with Crippen molar-refractivity contribution >= 4 is 21.6 Å². The van der Waals surface area contributed by atoms with Crippen LogP contribution in [-0.4, -0.2) is 25.0 Å². The van der Waals surface area contributed by atoms with Gasteiger partial charge < -0.3 is 4.74 Å². The van der Waals surface area contributed by atoms with Crippen LogP contribution >= 0.6 is 15.9 Å². The zero-order chi connectivity index (χ0) is 11.7. The lowest BCUT2D eigenvalue weighted by Crippen LogP contribution is -1.96. The third-order valence-electron chi connectivity index (χ3n) is 2.11. The van der Waals surface area contributed by atoms with Crippen molar-refractivity contribution in [3.05, 3.63) is 41.1 Å².